The Balaban J connectivity index is 1.44. The largest absolute Gasteiger partial charge is 0.367 e. The first kappa shape index (κ1) is 20.2. The van der Waals surface area contributed by atoms with Gasteiger partial charge in [0, 0.05) is 29.7 Å². The van der Waals surface area contributed by atoms with Gasteiger partial charge in [-0.15, -0.1) is 0 Å². The van der Waals surface area contributed by atoms with Crippen molar-refractivity contribution < 1.29 is 19.1 Å². The predicted octanol–water partition coefficient (Wildman–Crippen LogP) is 2.66. The fraction of sp³-hybridized carbons (Fsp3) is 0.542. The van der Waals surface area contributed by atoms with Gasteiger partial charge in [-0.05, 0) is 41.8 Å². The molecule has 2 saturated heterocycles. The first-order valence-electron chi connectivity index (χ1n) is 11.2. The summed E-state index contributed by atoms with van der Waals surface area (Å²) in [6.45, 7) is 4.64. The number of Topliss-reactive ketones (excluding diaryl/α,β-unsaturated/α-hetero) is 1. The molecule has 0 spiro atoms. The Labute approximate surface area is 181 Å². The Bertz CT molecular complexity index is 1040. The summed E-state index contributed by atoms with van der Waals surface area (Å²) in [7, 11) is 0. The molecule has 1 aromatic carbocycles. The van der Waals surface area contributed by atoms with E-state index in [0.717, 1.165) is 36.6 Å². The van der Waals surface area contributed by atoms with E-state index in [2.05, 4.69) is 17.2 Å². The molecular weight excluding hydrogens is 394 g/mol. The molecule has 1 saturated carbocycles. The van der Waals surface area contributed by atoms with Crippen LogP contribution < -0.4 is 5.32 Å². The van der Waals surface area contributed by atoms with Gasteiger partial charge in [0.25, 0.3) is 5.91 Å². The quantitative estimate of drug-likeness (QED) is 0.791. The Morgan fingerprint density at radius 1 is 1.26 bits per heavy atom. The summed E-state index contributed by atoms with van der Waals surface area (Å²) in [4.78, 5) is 44.3. The van der Waals surface area contributed by atoms with Crippen molar-refractivity contribution in [3.05, 3.63) is 36.0 Å². The van der Waals surface area contributed by atoms with Crippen molar-refractivity contribution in [2.24, 2.45) is 11.3 Å². The number of hydrogen-bond donors (Lipinski definition) is 2. The minimum absolute atomic E-state index is 0.0402. The summed E-state index contributed by atoms with van der Waals surface area (Å²) < 4.78 is 5.66. The number of carbonyl (C=O) groups is 3. The van der Waals surface area contributed by atoms with Crippen LogP contribution in [-0.2, 0) is 14.3 Å². The molecule has 2 N–H and O–H groups in total. The van der Waals surface area contributed by atoms with Gasteiger partial charge in [0.2, 0.25) is 5.91 Å². The highest BCUT2D eigenvalue weighted by Gasteiger charge is 2.54. The number of aromatic nitrogens is 1. The third-order valence-electron chi connectivity index (χ3n) is 7.51. The average molecular weight is 424 g/mol. The molecule has 164 valence electrons. The molecule has 1 aromatic heterocycles. The van der Waals surface area contributed by atoms with Crippen LogP contribution in [0.5, 0.6) is 0 Å². The second-order valence-electron chi connectivity index (χ2n) is 9.70. The molecule has 0 unspecified atom stereocenters. The third kappa shape index (κ3) is 3.35. The molecule has 2 aliphatic heterocycles. The van der Waals surface area contributed by atoms with Gasteiger partial charge in [-0.3, -0.25) is 14.4 Å². The van der Waals surface area contributed by atoms with Crippen molar-refractivity contribution in [2.45, 2.75) is 57.7 Å². The molecule has 5 rings (SSSR count). The number of hydrogen-bond acceptors (Lipinski definition) is 4. The number of amides is 2. The highest BCUT2D eigenvalue weighted by molar-refractivity contribution is 6.01. The molecular formula is C24H29N3O4. The van der Waals surface area contributed by atoms with E-state index in [9.17, 15) is 14.4 Å². The molecule has 3 aliphatic rings. The lowest BCUT2D eigenvalue weighted by atomic mass is 9.79. The fourth-order valence-corrected chi connectivity index (χ4v) is 5.69. The van der Waals surface area contributed by atoms with E-state index in [1.54, 1.807) is 11.0 Å². The maximum atomic E-state index is 13.8. The molecule has 3 fully saturated rings. The first-order valence-corrected chi connectivity index (χ1v) is 11.2. The van der Waals surface area contributed by atoms with Crippen molar-refractivity contribution >= 4 is 28.5 Å². The second-order valence-corrected chi connectivity index (χ2v) is 9.70. The average Bonchev–Trinajstić information content (AvgIpc) is 3.52. The number of likely N-dealkylation sites (tertiary alicyclic amines) is 1. The number of ketones is 1. The maximum absolute atomic E-state index is 13.8. The summed E-state index contributed by atoms with van der Waals surface area (Å²) in [5.41, 5.74) is 1.07. The molecule has 31 heavy (non-hydrogen) atoms. The number of rotatable bonds is 4. The predicted molar refractivity (Wildman–Crippen MR) is 116 cm³/mol. The topological polar surface area (TPSA) is 91.5 Å². The summed E-state index contributed by atoms with van der Waals surface area (Å²) in [5.74, 6) is -0.359. The molecule has 7 heteroatoms. The fourth-order valence-electron chi connectivity index (χ4n) is 5.69. The zero-order chi connectivity index (χ0) is 21.8. The molecule has 0 radical (unpaired) electrons. The number of aromatic amines is 1. The van der Waals surface area contributed by atoms with Crippen LogP contribution in [0.4, 0.5) is 0 Å². The van der Waals surface area contributed by atoms with Crippen molar-refractivity contribution in [1.29, 1.82) is 0 Å². The van der Waals surface area contributed by atoms with Gasteiger partial charge in [0.15, 0.2) is 5.78 Å². The maximum Gasteiger partial charge on any atom is 0.252 e. The first-order chi connectivity index (χ1) is 14.9. The normalized spacial score (nSPS) is 28.1. The SMILES string of the molecule is C[C@H]1CN(C(=O)[C@@H](NC(=O)c2ccc3cc[nH]c3c2)C2(C)CCCC2)[C@@H]2C(=O)CO[C@@H]21. The molecule has 2 aromatic rings. The molecule has 3 heterocycles. The van der Waals surface area contributed by atoms with Crippen LogP contribution in [0.15, 0.2) is 30.5 Å². The Morgan fingerprint density at radius 3 is 2.81 bits per heavy atom. The summed E-state index contributed by atoms with van der Waals surface area (Å²) >= 11 is 0. The second kappa shape index (κ2) is 7.48. The van der Waals surface area contributed by atoms with Gasteiger partial charge < -0.3 is 19.9 Å². The van der Waals surface area contributed by atoms with Gasteiger partial charge in [-0.25, -0.2) is 0 Å². The molecule has 0 bridgehead atoms. The van der Waals surface area contributed by atoms with Crippen LogP contribution in [0.1, 0.15) is 49.9 Å². The number of carbonyl (C=O) groups excluding carboxylic acids is 3. The molecule has 7 nitrogen and oxygen atoms in total. The van der Waals surface area contributed by atoms with E-state index in [-0.39, 0.29) is 41.6 Å². The number of nitrogens with zero attached hydrogens (tertiary/aromatic N) is 1. The van der Waals surface area contributed by atoms with Gasteiger partial charge in [0.05, 0.1) is 6.10 Å². The Kier molecular flexibility index (Phi) is 4.88. The monoisotopic (exact) mass is 423 g/mol. The Hall–Kier alpha value is -2.67. The van der Waals surface area contributed by atoms with E-state index in [1.807, 2.05) is 31.3 Å². The van der Waals surface area contributed by atoms with Gasteiger partial charge in [-0.2, -0.15) is 0 Å². The standard InChI is InChI=1S/C24H29N3O4/c1-14-12-27(19-18(28)13-31-20(14)19)23(30)21(24(2)8-3-4-9-24)26-22(29)16-6-5-15-7-10-25-17(15)11-16/h5-7,10-11,14,19-21,25H,3-4,8-9,12-13H2,1-2H3,(H,26,29)/t14-,19+,20+,21+/m0/s1. The lowest BCUT2D eigenvalue weighted by Gasteiger charge is -2.37. The minimum atomic E-state index is -0.666. The van der Waals surface area contributed by atoms with Crippen LogP contribution in [-0.4, -0.2) is 58.8 Å². The zero-order valence-corrected chi connectivity index (χ0v) is 18.0. The summed E-state index contributed by atoms with van der Waals surface area (Å²) in [6, 6.07) is 6.26. The Morgan fingerprint density at radius 2 is 2.03 bits per heavy atom. The van der Waals surface area contributed by atoms with Crippen LogP contribution in [0, 0.1) is 11.3 Å². The number of ether oxygens (including phenoxy) is 1. The number of fused-ring (bicyclic) bond motifs is 2. The van der Waals surface area contributed by atoms with Crippen LogP contribution in [0.25, 0.3) is 10.9 Å². The zero-order valence-electron chi connectivity index (χ0n) is 18.0. The van der Waals surface area contributed by atoms with Gasteiger partial charge >= 0.3 is 0 Å². The highest BCUT2D eigenvalue weighted by atomic mass is 16.5. The van der Waals surface area contributed by atoms with Crippen molar-refractivity contribution in [2.75, 3.05) is 13.2 Å². The van der Waals surface area contributed by atoms with E-state index in [1.165, 1.54) is 0 Å². The number of nitrogens with one attached hydrogen (secondary N) is 2. The third-order valence-corrected chi connectivity index (χ3v) is 7.51. The van der Waals surface area contributed by atoms with E-state index in [0.29, 0.717) is 12.1 Å². The molecule has 2 amide bonds. The number of benzene rings is 1. The van der Waals surface area contributed by atoms with Crippen molar-refractivity contribution in [1.82, 2.24) is 15.2 Å². The van der Waals surface area contributed by atoms with Gasteiger partial charge in [0.1, 0.15) is 18.7 Å². The summed E-state index contributed by atoms with van der Waals surface area (Å²) in [5, 5.41) is 4.09. The highest BCUT2D eigenvalue weighted by Crippen LogP contribution is 2.42. The van der Waals surface area contributed by atoms with Gasteiger partial charge in [-0.1, -0.05) is 32.8 Å². The van der Waals surface area contributed by atoms with E-state index in [4.69, 9.17) is 4.74 Å². The smallest absolute Gasteiger partial charge is 0.252 e. The summed E-state index contributed by atoms with van der Waals surface area (Å²) in [6.07, 6.45) is 5.43. The molecule has 4 atom stereocenters. The lowest BCUT2D eigenvalue weighted by Crippen LogP contribution is -2.57. The van der Waals surface area contributed by atoms with Crippen molar-refractivity contribution in [3.8, 4) is 0 Å². The van der Waals surface area contributed by atoms with Crippen LogP contribution in [0.2, 0.25) is 0 Å². The van der Waals surface area contributed by atoms with E-state index < -0.39 is 12.1 Å². The minimum Gasteiger partial charge on any atom is -0.367 e. The number of H-pyrrole nitrogens is 1. The van der Waals surface area contributed by atoms with E-state index >= 15 is 0 Å². The molecule has 1 aliphatic carbocycles. The van der Waals surface area contributed by atoms with Crippen molar-refractivity contribution in [3.63, 3.8) is 0 Å². The van der Waals surface area contributed by atoms with Crippen LogP contribution >= 0.6 is 0 Å². The van der Waals surface area contributed by atoms with Crippen LogP contribution in [0.3, 0.4) is 0 Å². The lowest BCUT2D eigenvalue weighted by molar-refractivity contribution is -0.140.